The largest absolute Gasteiger partial charge is 0.497 e. The lowest BCUT2D eigenvalue weighted by Crippen LogP contribution is -2.23. The van der Waals surface area contributed by atoms with Gasteiger partial charge in [0.15, 0.2) is 5.78 Å². The van der Waals surface area contributed by atoms with Gasteiger partial charge in [-0.1, -0.05) is 30.3 Å². The molecule has 3 rings (SSSR count). The van der Waals surface area contributed by atoms with Crippen LogP contribution < -0.4 is 9.64 Å². The number of allylic oxidation sites excluding steroid dienone is 1. The van der Waals surface area contributed by atoms with Crippen molar-refractivity contribution < 1.29 is 14.3 Å². The zero-order chi connectivity index (χ0) is 16.9. The number of carbonyl (C=O) groups excluding carboxylic acids is 2. The number of anilines is 1. The van der Waals surface area contributed by atoms with Gasteiger partial charge in [-0.25, -0.2) is 0 Å². The van der Waals surface area contributed by atoms with Crippen molar-refractivity contribution in [3.05, 3.63) is 65.7 Å². The third-order valence-corrected chi connectivity index (χ3v) is 4.06. The molecule has 1 heterocycles. The number of nitrogens with zero attached hydrogens (tertiary/aromatic N) is 1. The van der Waals surface area contributed by atoms with E-state index < -0.39 is 0 Å². The third-order valence-electron chi connectivity index (χ3n) is 4.06. The number of hydrogen-bond donors (Lipinski definition) is 0. The molecule has 1 amide bonds. The predicted molar refractivity (Wildman–Crippen MR) is 94.4 cm³/mol. The van der Waals surface area contributed by atoms with Crippen LogP contribution in [0.25, 0.3) is 6.08 Å². The van der Waals surface area contributed by atoms with E-state index in [0.29, 0.717) is 12.0 Å². The third kappa shape index (κ3) is 3.54. The molecule has 0 aliphatic carbocycles. The summed E-state index contributed by atoms with van der Waals surface area (Å²) in [5.41, 5.74) is 2.30. The van der Waals surface area contributed by atoms with E-state index in [4.69, 9.17) is 4.74 Å². The quantitative estimate of drug-likeness (QED) is 0.623. The summed E-state index contributed by atoms with van der Waals surface area (Å²) >= 11 is 0. The van der Waals surface area contributed by atoms with Crippen molar-refractivity contribution in [1.82, 2.24) is 0 Å². The highest BCUT2D eigenvalue weighted by Gasteiger charge is 2.21. The minimum atomic E-state index is -0.0840. The van der Waals surface area contributed by atoms with Gasteiger partial charge in [0.25, 0.3) is 0 Å². The Morgan fingerprint density at radius 1 is 1.17 bits per heavy atom. The summed E-state index contributed by atoms with van der Waals surface area (Å²) in [6, 6.07) is 14.7. The van der Waals surface area contributed by atoms with Crippen molar-refractivity contribution in [2.75, 3.05) is 18.6 Å². The van der Waals surface area contributed by atoms with Crippen LogP contribution in [0.5, 0.6) is 5.75 Å². The van der Waals surface area contributed by atoms with Gasteiger partial charge in [0.1, 0.15) is 5.75 Å². The van der Waals surface area contributed by atoms with Gasteiger partial charge in [-0.3, -0.25) is 9.59 Å². The van der Waals surface area contributed by atoms with E-state index >= 15 is 0 Å². The number of amides is 1. The first-order valence-electron chi connectivity index (χ1n) is 7.94. The van der Waals surface area contributed by atoms with E-state index in [0.717, 1.165) is 30.0 Å². The Kier molecular flexibility index (Phi) is 4.75. The lowest BCUT2D eigenvalue weighted by molar-refractivity contribution is -0.117. The average Bonchev–Trinajstić information content (AvgIpc) is 3.06. The van der Waals surface area contributed by atoms with Crippen LogP contribution in [-0.2, 0) is 4.79 Å². The molecule has 122 valence electrons. The van der Waals surface area contributed by atoms with Gasteiger partial charge in [0.2, 0.25) is 5.91 Å². The summed E-state index contributed by atoms with van der Waals surface area (Å²) in [7, 11) is 1.62. The monoisotopic (exact) mass is 321 g/mol. The summed E-state index contributed by atoms with van der Waals surface area (Å²) in [4.78, 5) is 26.0. The second kappa shape index (κ2) is 7.13. The summed E-state index contributed by atoms with van der Waals surface area (Å²) < 4.78 is 5.11. The van der Waals surface area contributed by atoms with E-state index in [9.17, 15) is 9.59 Å². The van der Waals surface area contributed by atoms with E-state index in [2.05, 4.69) is 0 Å². The van der Waals surface area contributed by atoms with Crippen molar-refractivity contribution in [3.63, 3.8) is 0 Å². The first-order chi connectivity index (χ1) is 11.7. The Bertz CT molecular complexity index is 778. The molecule has 0 saturated carbocycles. The normalized spacial score (nSPS) is 14.4. The second-order valence-corrected chi connectivity index (χ2v) is 5.67. The fourth-order valence-corrected chi connectivity index (χ4v) is 2.73. The number of ether oxygens (including phenoxy) is 1. The van der Waals surface area contributed by atoms with Gasteiger partial charge in [-0.05, 0) is 42.3 Å². The second-order valence-electron chi connectivity index (χ2n) is 5.67. The maximum Gasteiger partial charge on any atom is 0.227 e. The van der Waals surface area contributed by atoms with Crippen molar-refractivity contribution in [2.45, 2.75) is 12.8 Å². The molecule has 0 aromatic heterocycles. The van der Waals surface area contributed by atoms with Crippen LogP contribution in [0.4, 0.5) is 5.69 Å². The van der Waals surface area contributed by atoms with Crippen LogP contribution >= 0.6 is 0 Å². The van der Waals surface area contributed by atoms with Crippen molar-refractivity contribution in [3.8, 4) is 5.75 Å². The Morgan fingerprint density at radius 3 is 2.62 bits per heavy atom. The molecule has 1 fully saturated rings. The lowest BCUT2D eigenvalue weighted by atomic mass is 10.1. The van der Waals surface area contributed by atoms with Gasteiger partial charge in [-0.15, -0.1) is 0 Å². The molecule has 0 unspecified atom stereocenters. The first-order valence-corrected chi connectivity index (χ1v) is 7.94. The van der Waals surface area contributed by atoms with Gasteiger partial charge in [-0.2, -0.15) is 0 Å². The van der Waals surface area contributed by atoms with Crippen LogP contribution in [0, 0.1) is 0 Å². The van der Waals surface area contributed by atoms with Gasteiger partial charge in [0.05, 0.1) is 7.11 Å². The molecule has 0 N–H and O–H groups in total. The number of methoxy groups -OCH3 is 1. The first kappa shape index (κ1) is 16.0. The number of ketones is 1. The highest BCUT2D eigenvalue weighted by molar-refractivity contribution is 6.08. The molecule has 0 spiro atoms. The Labute approximate surface area is 141 Å². The number of benzene rings is 2. The SMILES string of the molecule is COc1ccc(/C=C/C(=O)c2cccc(N3CCCC3=O)c2)cc1. The molecule has 24 heavy (non-hydrogen) atoms. The smallest absolute Gasteiger partial charge is 0.227 e. The molecular weight excluding hydrogens is 302 g/mol. The highest BCUT2D eigenvalue weighted by Crippen LogP contribution is 2.22. The van der Waals surface area contributed by atoms with Crippen LogP contribution in [0.3, 0.4) is 0 Å². The molecule has 2 aromatic rings. The summed E-state index contributed by atoms with van der Waals surface area (Å²) in [5, 5.41) is 0. The summed E-state index contributed by atoms with van der Waals surface area (Å²) in [6.07, 6.45) is 4.77. The lowest BCUT2D eigenvalue weighted by Gasteiger charge is -2.16. The standard InChI is InChI=1S/C20H19NO3/c1-24-18-10-7-15(8-11-18)9-12-19(22)16-4-2-5-17(14-16)21-13-3-6-20(21)23/h2,4-5,7-12,14H,3,6,13H2,1H3/b12-9+. The van der Waals surface area contributed by atoms with Crippen LogP contribution in [0.2, 0.25) is 0 Å². The topological polar surface area (TPSA) is 46.6 Å². The van der Waals surface area contributed by atoms with Crippen molar-refractivity contribution in [2.24, 2.45) is 0 Å². The molecule has 0 atom stereocenters. The van der Waals surface area contributed by atoms with Crippen molar-refractivity contribution >= 4 is 23.5 Å². The van der Waals surface area contributed by atoms with Gasteiger partial charge in [0, 0.05) is 24.2 Å². The Morgan fingerprint density at radius 2 is 1.96 bits per heavy atom. The van der Waals surface area contributed by atoms with Crippen LogP contribution in [0.15, 0.2) is 54.6 Å². The number of rotatable bonds is 5. The van der Waals surface area contributed by atoms with E-state index in [1.807, 2.05) is 36.4 Å². The zero-order valence-corrected chi connectivity index (χ0v) is 13.6. The fraction of sp³-hybridized carbons (Fsp3) is 0.200. The summed E-state index contributed by atoms with van der Waals surface area (Å²) in [5.74, 6) is 0.814. The fourth-order valence-electron chi connectivity index (χ4n) is 2.73. The molecular formula is C20H19NO3. The minimum absolute atomic E-state index is 0.0840. The average molecular weight is 321 g/mol. The van der Waals surface area contributed by atoms with E-state index in [-0.39, 0.29) is 11.7 Å². The summed E-state index contributed by atoms with van der Waals surface area (Å²) in [6.45, 7) is 0.720. The maximum absolute atomic E-state index is 12.4. The Balaban J connectivity index is 1.74. The molecule has 2 aromatic carbocycles. The maximum atomic E-state index is 12.4. The molecule has 4 heteroatoms. The van der Waals surface area contributed by atoms with Gasteiger partial charge >= 0.3 is 0 Å². The van der Waals surface area contributed by atoms with E-state index in [1.165, 1.54) is 0 Å². The van der Waals surface area contributed by atoms with Gasteiger partial charge < -0.3 is 9.64 Å². The number of carbonyl (C=O) groups is 2. The van der Waals surface area contributed by atoms with E-state index in [1.54, 1.807) is 36.3 Å². The highest BCUT2D eigenvalue weighted by atomic mass is 16.5. The molecule has 1 aliphatic heterocycles. The zero-order valence-electron chi connectivity index (χ0n) is 13.6. The molecule has 0 radical (unpaired) electrons. The van der Waals surface area contributed by atoms with Crippen LogP contribution in [0.1, 0.15) is 28.8 Å². The predicted octanol–water partition coefficient (Wildman–Crippen LogP) is 3.72. The molecule has 0 bridgehead atoms. The van der Waals surface area contributed by atoms with Crippen molar-refractivity contribution in [1.29, 1.82) is 0 Å². The Hall–Kier alpha value is -2.88. The van der Waals surface area contributed by atoms with Crippen LogP contribution in [-0.4, -0.2) is 25.3 Å². The molecule has 1 aliphatic rings. The molecule has 1 saturated heterocycles. The minimum Gasteiger partial charge on any atom is -0.497 e. The molecule has 4 nitrogen and oxygen atoms in total. The number of hydrogen-bond acceptors (Lipinski definition) is 3.